The zero-order chi connectivity index (χ0) is 18.4. The van der Waals surface area contributed by atoms with Gasteiger partial charge in [-0.2, -0.15) is 0 Å². The number of hydrogen-bond acceptors (Lipinski definition) is 5. The Morgan fingerprint density at radius 3 is 2.88 bits per heavy atom. The van der Waals surface area contributed by atoms with E-state index in [0.29, 0.717) is 0 Å². The quantitative estimate of drug-likeness (QED) is 0.791. The summed E-state index contributed by atoms with van der Waals surface area (Å²) in [4.78, 5) is 29.6. The molecule has 1 saturated heterocycles. The molecule has 1 aliphatic carbocycles. The maximum absolute atomic E-state index is 11.3. The molecule has 0 radical (unpaired) electrons. The number of benzene rings is 1. The van der Waals surface area contributed by atoms with E-state index in [0.717, 1.165) is 61.2 Å². The molecule has 26 heavy (non-hydrogen) atoms. The number of nitrogens with zero attached hydrogens (tertiary/aromatic N) is 3. The molecule has 0 atom stereocenters. The number of para-hydroxylation sites is 1. The van der Waals surface area contributed by atoms with E-state index < -0.39 is 7.60 Å². The predicted octanol–water partition coefficient (Wildman–Crippen LogP) is 2.81. The highest BCUT2D eigenvalue weighted by atomic mass is 31.2. The molecule has 7 nitrogen and oxygen atoms in total. The van der Waals surface area contributed by atoms with E-state index >= 15 is 0 Å². The summed E-state index contributed by atoms with van der Waals surface area (Å²) in [6, 6.07) is 5.87. The van der Waals surface area contributed by atoms with E-state index in [1.54, 1.807) is 13.4 Å². The number of anilines is 1. The van der Waals surface area contributed by atoms with Crippen molar-refractivity contribution in [2.45, 2.75) is 25.7 Å². The van der Waals surface area contributed by atoms with Crippen molar-refractivity contribution in [2.24, 2.45) is 11.3 Å². The Morgan fingerprint density at radius 2 is 2.15 bits per heavy atom. The minimum absolute atomic E-state index is 0.0163. The van der Waals surface area contributed by atoms with Crippen LogP contribution in [-0.2, 0) is 4.57 Å². The van der Waals surface area contributed by atoms with E-state index in [4.69, 9.17) is 4.74 Å². The Balaban J connectivity index is 1.56. The van der Waals surface area contributed by atoms with Crippen LogP contribution in [-0.4, -0.2) is 46.1 Å². The van der Waals surface area contributed by atoms with Gasteiger partial charge in [-0.3, -0.25) is 4.57 Å². The van der Waals surface area contributed by atoms with Gasteiger partial charge in [0.25, 0.3) is 0 Å². The fraction of sp³-hybridized carbons (Fsp3) is 0.556. The van der Waals surface area contributed by atoms with Crippen LogP contribution in [0.3, 0.4) is 0 Å². The highest BCUT2D eigenvalue weighted by Gasteiger charge is 2.48. The number of rotatable bonds is 4. The van der Waals surface area contributed by atoms with Gasteiger partial charge in [0.2, 0.25) is 0 Å². The zero-order valence-electron chi connectivity index (χ0n) is 14.8. The van der Waals surface area contributed by atoms with Gasteiger partial charge in [-0.1, -0.05) is 6.07 Å². The smallest absolute Gasteiger partial charge is 0.325 e. The van der Waals surface area contributed by atoms with E-state index in [2.05, 4.69) is 14.9 Å². The van der Waals surface area contributed by atoms with Crippen molar-refractivity contribution in [3.63, 3.8) is 0 Å². The van der Waals surface area contributed by atoms with Gasteiger partial charge < -0.3 is 19.4 Å². The van der Waals surface area contributed by atoms with Crippen LogP contribution in [0.1, 0.15) is 25.7 Å². The Hall–Kier alpha value is -1.69. The summed E-state index contributed by atoms with van der Waals surface area (Å²) in [5.74, 6) is 1.80. The number of methoxy groups -OCH3 is 1. The second-order valence-corrected chi connectivity index (χ2v) is 9.39. The summed E-state index contributed by atoms with van der Waals surface area (Å²) in [7, 11) is -2.28. The Bertz CT molecular complexity index is 863. The second-order valence-electron chi connectivity index (χ2n) is 7.70. The maximum atomic E-state index is 11.3. The van der Waals surface area contributed by atoms with Crippen LogP contribution < -0.4 is 9.64 Å². The number of fused-ring (bicyclic) bond motifs is 1. The van der Waals surface area contributed by atoms with Crippen molar-refractivity contribution in [1.82, 2.24) is 9.97 Å². The molecule has 2 aliphatic rings. The fourth-order valence-electron chi connectivity index (χ4n) is 4.82. The molecular formula is C18H24N3O4P. The highest BCUT2D eigenvalue weighted by molar-refractivity contribution is 7.51. The normalized spacial score (nSPS) is 26.1. The molecule has 2 fully saturated rings. The SMILES string of the molecule is COc1cccc2c(N3CCCC4(CC(CP(=O)(O)O)C4)C3)ncnc12. The van der Waals surface area contributed by atoms with E-state index in [1.807, 2.05) is 18.2 Å². The second kappa shape index (κ2) is 6.48. The molecule has 140 valence electrons. The topological polar surface area (TPSA) is 95.8 Å². The number of ether oxygens (including phenoxy) is 1. The lowest BCUT2D eigenvalue weighted by Crippen LogP contribution is -2.51. The summed E-state index contributed by atoms with van der Waals surface area (Å²) < 4.78 is 16.7. The number of aromatic nitrogens is 2. The third-order valence-electron chi connectivity index (χ3n) is 5.73. The molecule has 2 aromatic rings. The van der Waals surface area contributed by atoms with Gasteiger partial charge in [0, 0.05) is 18.5 Å². The lowest BCUT2D eigenvalue weighted by Gasteiger charge is -2.53. The standard InChI is InChI=1S/C18H24N3O4P/c1-25-15-5-2-4-14-16(15)19-12-20-17(14)21-7-3-6-18(11-21)8-13(9-18)10-26(22,23)24/h2,4-5,12-13H,3,6-11H2,1H3,(H2,22,23,24). The molecule has 2 heterocycles. The Kier molecular flexibility index (Phi) is 4.41. The molecule has 0 unspecified atom stereocenters. The van der Waals surface area contributed by atoms with Gasteiger partial charge in [-0.15, -0.1) is 0 Å². The van der Waals surface area contributed by atoms with Crippen molar-refractivity contribution < 1.29 is 19.1 Å². The Morgan fingerprint density at radius 1 is 1.35 bits per heavy atom. The third-order valence-corrected chi connectivity index (χ3v) is 6.72. The van der Waals surface area contributed by atoms with Gasteiger partial charge in [0.05, 0.1) is 13.3 Å². The van der Waals surface area contributed by atoms with Crippen molar-refractivity contribution in [1.29, 1.82) is 0 Å². The summed E-state index contributed by atoms with van der Waals surface area (Å²) in [6.07, 6.45) is 5.56. The molecule has 1 aromatic carbocycles. The van der Waals surface area contributed by atoms with Crippen LogP contribution >= 0.6 is 7.60 Å². The van der Waals surface area contributed by atoms with Crippen molar-refractivity contribution >= 4 is 24.3 Å². The maximum Gasteiger partial charge on any atom is 0.325 e. The van der Waals surface area contributed by atoms with Crippen LogP contribution in [0.4, 0.5) is 5.82 Å². The molecule has 0 bridgehead atoms. The van der Waals surface area contributed by atoms with Gasteiger partial charge in [0.15, 0.2) is 0 Å². The van der Waals surface area contributed by atoms with E-state index in [1.165, 1.54) is 0 Å². The first-order chi connectivity index (χ1) is 12.4. The molecule has 4 rings (SSSR count). The first-order valence-electron chi connectivity index (χ1n) is 8.96. The molecule has 0 amide bonds. The Labute approximate surface area is 152 Å². The highest BCUT2D eigenvalue weighted by Crippen LogP contribution is 2.55. The van der Waals surface area contributed by atoms with Gasteiger partial charge in [0.1, 0.15) is 23.4 Å². The zero-order valence-corrected chi connectivity index (χ0v) is 15.7. The average molecular weight is 377 g/mol. The fourth-order valence-corrected chi connectivity index (χ4v) is 5.75. The van der Waals surface area contributed by atoms with Crippen molar-refractivity contribution in [2.75, 3.05) is 31.3 Å². The number of piperidine rings is 1. The summed E-state index contributed by atoms with van der Waals surface area (Å²) in [5, 5.41) is 0.981. The first kappa shape index (κ1) is 17.7. The first-order valence-corrected chi connectivity index (χ1v) is 10.8. The molecular weight excluding hydrogens is 353 g/mol. The molecule has 1 aromatic heterocycles. The average Bonchev–Trinajstić information content (AvgIpc) is 2.58. The van der Waals surface area contributed by atoms with Crippen LogP contribution in [0.5, 0.6) is 5.75 Å². The van der Waals surface area contributed by atoms with Crippen LogP contribution in [0, 0.1) is 11.3 Å². The van der Waals surface area contributed by atoms with Crippen molar-refractivity contribution in [3.05, 3.63) is 24.5 Å². The molecule has 8 heteroatoms. The summed E-state index contributed by atoms with van der Waals surface area (Å²) in [6.45, 7) is 1.82. The minimum Gasteiger partial charge on any atom is -0.494 e. The summed E-state index contributed by atoms with van der Waals surface area (Å²) >= 11 is 0. The number of hydrogen-bond donors (Lipinski definition) is 2. The van der Waals surface area contributed by atoms with Gasteiger partial charge in [-0.05, 0) is 49.1 Å². The molecule has 1 saturated carbocycles. The predicted molar refractivity (Wildman–Crippen MR) is 99.6 cm³/mol. The van der Waals surface area contributed by atoms with E-state index in [9.17, 15) is 14.4 Å². The lowest BCUT2D eigenvalue weighted by atomic mass is 9.59. The molecule has 1 spiro atoms. The van der Waals surface area contributed by atoms with Crippen molar-refractivity contribution in [3.8, 4) is 5.75 Å². The van der Waals surface area contributed by atoms with Gasteiger partial charge in [-0.25, -0.2) is 9.97 Å². The molecule has 2 N–H and O–H groups in total. The minimum atomic E-state index is -3.92. The van der Waals surface area contributed by atoms with Crippen LogP contribution in [0.25, 0.3) is 10.9 Å². The lowest BCUT2D eigenvalue weighted by molar-refractivity contribution is 0.0479. The monoisotopic (exact) mass is 377 g/mol. The summed E-state index contributed by atoms with van der Waals surface area (Å²) in [5.41, 5.74) is 0.974. The van der Waals surface area contributed by atoms with Gasteiger partial charge >= 0.3 is 7.60 Å². The van der Waals surface area contributed by atoms with Crippen LogP contribution in [0.2, 0.25) is 0 Å². The molecule has 1 aliphatic heterocycles. The third kappa shape index (κ3) is 3.31. The largest absolute Gasteiger partial charge is 0.494 e. The van der Waals surface area contributed by atoms with Crippen LogP contribution in [0.15, 0.2) is 24.5 Å². The van der Waals surface area contributed by atoms with E-state index in [-0.39, 0.29) is 17.5 Å².